The van der Waals surface area contributed by atoms with Crippen LogP contribution < -0.4 is 0 Å². The molecule has 0 radical (unpaired) electrons. The molecule has 0 bridgehead atoms. The third-order valence-corrected chi connectivity index (χ3v) is 4.61. The summed E-state index contributed by atoms with van der Waals surface area (Å²) >= 11 is 0. The Labute approximate surface area is 104 Å². The molecule has 1 atom stereocenters. The molecule has 1 aliphatic heterocycles. The summed E-state index contributed by atoms with van der Waals surface area (Å²) in [5, 5.41) is 10.0. The lowest BCUT2D eigenvalue weighted by Gasteiger charge is -2.41. The second-order valence-electron chi connectivity index (χ2n) is 6.45. The molecule has 1 aliphatic carbocycles. The second kappa shape index (κ2) is 4.97. The SMILES string of the molecule is CC1(C)CCN(C(=O)CC2CCCC2)CC1O. The molecule has 0 aromatic heterocycles. The Kier molecular flexibility index (Phi) is 3.76. The van der Waals surface area contributed by atoms with Crippen LogP contribution in [0.1, 0.15) is 52.4 Å². The normalized spacial score (nSPS) is 29.6. The lowest BCUT2D eigenvalue weighted by Crippen LogP contribution is -2.50. The molecule has 1 heterocycles. The van der Waals surface area contributed by atoms with Gasteiger partial charge in [0, 0.05) is 19.5 Å². The summed E-state index contributed by atoms with van der Waals surface area (Å²) in [6.07, 6.45) is 6.24. The van der Waals surface area contributed by atoms with Crippen molar-refractivity contribution in [2.45, 2.75) is 58.5 Å². The molecule has 17 heavy (non-hydrogen) atoms. The van der Waals surface area contributed by atoms with Crippen LogP contribution in [0.2, 0.25) is 0 Å². The van der Waals surface area contributed by atoms with E-state index in [1.807, 2.05) is 4.90 Å². The van der Waals surface area contributed by atoms with Crippen molar-refractivity contribution in [2.24, 2.45) is 11.3 Å². The molecule has 0 aromatic rings. The number of aliphatic hydroxyl groups excluding tert-OH is 1. The van der Waals surface area contributed by atoms with E-state index in [-0.39, 0.29) is 17.4 Å². The van der Waals surface area contributed by atoms with Gasteiger partial charge in [0.05, 0.1) is 6.10 Å². The maximum atomic E-state index is 12.1. The van der Waals surface area contributed by atoms with E-state index in [9.17, 15) is 9.90 Å². The molecule has 3 heteroatoms. The quantitative estimate of drug-likeness (QED) is 0.802. The number of nitrogens with zero attached hydrogens (tertiary/aromatic N) is 1. The maximum absolute atomic E-state index is 12.1. The summed E-state index contributed by atoms with van der Waals surface area (Å²) in [5.74, 6) is 0.862. The van der Waals surface area contributed by atoms with Gasteiger partial charge in [-0.2, -0.15) is 0 Å². The summed E-state index contributed by atoms with van der Waals surface area (Å²) in [6, 6.07) is 0. The topological polar surface area (TPSA) is 40.5 Å². The number of aliphatic hydroxyl groups is 1. The molecule has 1 saturated heterocycles. The smallest absolute Gasteiger partial charge is 0.222 e. The second-order valence-corrected chi connectivity index (χ2v) is 6.45. The molecule has 1 amide bonds. The zero-order valence-corrected chi connectivity index (χ0v) is 11.1. The highest BCUT2D eigenvalue weighted by Crippen LogP contribution is 2.32. The predicted molar refractivity (Wildman–Crippen MR) is 67.6 cm³/mol. The van der Waals surface area contributed by atoms with Crippen molar-refractivity contribution in [3.05, 3.63) is 0 Å². The van der Waals surface area contributed by atoms with E-state index in [4.69, 9.17) is 0 Å². The van der Waals surface area contributed by atoms with Gasteiger partial charge >= 0.3 is 0 Å². The largest absolute Gasteiger partial charge is 0.391 e. The fraction of sp³-hybridized carbons (Fsp3) is 0.929. The summed E-state index contributed by atoms with van der Waals surface area (Å²) in [5.41, 5.74) is -0.0376. The molecule has 2 aliphatic rings. The molecule has 1 N–H and O–H groups in total. The molecule has 2 rings (SSSR count). The standard InChI is InChI=1S/C14H25NO2/c1-14(2)7-8-15(10-12(14)16)13(17)9-11-5-3-4-6-11/h11-12,16H,3-10H2,1-2H3. The first kappa shape index (κ1) is 12.9. The van der Waals surface area contributed by atoms with Crippen LogP contribution in [0.15, 0.2) is 0 Å². The summed E-state index contributed by atoms with van der Waals surface area (Å²) < 4.78 is 0. The van der Waals surface area contributed by atoms with Crippen molar-refractivity contribution in [3.63, 3.8) is 0 Å². The van der Waals surface area contributed by atoms with Crippen LogP contribution in [0.25, 0.3) is 0 Å². The number of hydrogen-bond acceptors (Lipinski definition) is 2. The highest BCUT2D eigenvalue weighted by Gasteiger charge is 2.36. The molecule has 2 fully saturated rings. The minimum absolute atomic E-state index is 0.0376. The van der Waals surface area contributed by atoms with E-state index in [2.05, 4.69) is 13.8 Å². The lowest BCUT2D eigenvalue weighted by atomic mass is 9.80. The van der Waals surface area contributed by atoms with Crippen LogP contribution in [0.4, 0.5) is 0 Å². The fourth-order valence-corrected chi connectivity index (χ4v) is 2.95. The van der Waals surface area contributed by atoms with Gasteiger partial charge in [-0.25, -0.2) is 0 Å². The number of likely N-dealkylation sites (tertiary alicyclic amines) is 1. The highest BCUT2D eigenvalue weighted by atomic mass is 16.3. The maximum Gasteiger partial charge on any atom is 0.222 e. The van der Waals surface area contributed by atoms with Crippen molar-refractivity contribution in [1.29, 1.82) is 0 Å². The van der Waals surface area contributed by atoms with Crippen LogP contribution >= 0.6 is 0 Å². The molecule has 0 aromatic carbocycles. The average Bonchev–Trinajstić information content (AvgIpc) is 2.74. The van der Waals surface area contributed by atoms with Crippen LogP contribution in [0, 0.1) is 11.3 Å². The van der Waals surface area contributed by atoms with E-state index in [0.717, 1.165) is 13.0 Å². The minimum Gasteiger partial charge on any atom is -0.391 e. The number of carbonyl (C=O) groups excluding carboxylic acids is 1. The van der Waals surface area contributed by atoms with Crippen molar-refractivity contribution >= 4 is 5.91 Å². The van der Waals surface area contributed by atoms with Gasteiger partial charge in [-0.15, -0.1) is 0 Å². The van der Waals surface area contributed by atoms with Gasteiger partial charge in [0.1, 0.15) is 0 Å². The Morgan fingerprint density at radius 3 is 2.59 bits per heavy atom. The fourth-order valence-electron chi connectivity index (χ4n) is 2.95. The van der Waals surface area contributed by atoms with Crippen molar-refractivity contribution in [3.8, 4) is 0 Å². The zero-order valence-electron chi connectivity index (χ0n) is 11.1. The lowest BCUT2D eigenvalue weighted by molar-refractivity contribution is -0.138. The van der Waals surface area contributed by atoms with Crippen LogP contribution in [0.5, 0.6) is 0 Å². The summed E-state index contributed by atoms with van der Waals surface area (Å²) in [7, 11) is 0. The van der Waals surface area contributed by atoms with Gasteiger partial charge in [0.15, 0.2) is 0 Å². The Hall–Kier alpha value is -0.570. The van der Waals surface area contributed by atoms with Gasteiger partial charge in [0.2, 0.25) is 5.91 Å². The summed E-state index contributed by atoms with van der Waals surface area (Å²) in [4.78, 5) is 14.0. The predicted octanol–water partition coefficient (Wildman–Crippen LogP) is 2.19. The first-order valence-electron chi connectivity index (χ1n) is 6.95. The van der Waals surface area contributed by atoms with Gasteiger partial charge in [-0.1, -0.05) is 26.7 Å². The Bertz CT molecular complexity index is 282. The monoisotopic (exact) mass is 239 g/mol. The molecule has 3 nitrogen and oxygen atoms in total. The highest BCUT2D eigenvalue weighted by molar-refractivity contribution is 5.76. The van der Waals surface area contributed by atoms with Crippen molar-refractivity contribution in [1.82, 2.24) is 4.90 Å². The van der Waals surface area contributed by atoms with E-state index < -0.39 is 0 Å². The van der Waals surface area contributed by atoms with E-state index in [1.165, 1.54) is 25.7 Å². The van der Waals surface area contributed by atoms with Crippen molar-refractivity contribution in [2.75, 3.05) is 13.1 Å². The number of carbonyl (C=O) groups is 1. The van der Waals surface area contributed by atoms with E-state index in [0.29, 0.717) is 18.9 Å². The Morgan fingerprint density at radius 1 is 1.35 bits per heavy atom. The molecule has 1 saturated carbocycles. The van der Waals surface area contributed by atoms with Gasteiger partial charge in [-0.05, 0) is 30.6 Å². The number of rotatable bonds is 2. The molecule has 1 unspecified atom stereocenters. The number of β-amino-alcohol motifs (C(OH)–C–C–N with tert-alkyl or cyclic N) is 1. The Balaban J connectivity index is 1.84. The van der Waals surface area contributed by atoms with E-state index >= 15 is 0 Å². The van der Waals surface area contributed by atoms with Crippen molar-refractivity contribution < 1.29 is 9.90 Å². The molecule has 98 valence electrons. The number of amides is 1. The number of hydrogen-bond donors (Lipinski definition) is 1. The third-order valence-electron chi connectivity index (χ3n) is 4.61. The number of piperidine rings is 1. The van der Waals surface area contributed by atoms with Crippen LogP contribution in [-0.2, 0) is 4.79 Å². The first-order valence-corrected chi connectivity index (χ1v) is 6.95. The minimum atomic E-state index is -0.372. The molecular weight excluding hydrogens is 214 g/mol. The van der Waals surface area contributed by atoms with Crippen LogP contribution in [-0.4, -0.2) is 35.1 Å². The van der Waals surface area contributed by atoms with Crippen LogP contribution in [0.3, 0.4) is 0 Å². The Morgan fingerprint density at radius 2 is 2.00 bits per heavy atom. The van der Waals surface area contributed by atoms with E-state index in [1.54, 1.807) is 0 Å². The first-order chi connectivity index (χ1) is 7.99. The third kappa shape index (κ3) is 3.01. The molecular formula is C14H25NO2. The average molecular weight is 239 g/mol. The summed E-state index contributed by atoms with van der Waals surface area (Å²) in [6.45, 7) is 5.50. The molecule has 0 spiro atoms. The zero-order chi connectivity index (χ0) is 12.5. The van der Waals surface area contributed by atoms with Gasteiger partial charge in [-0.3, -0.25) is 4.79 Å². The van der Waals surface area contributed by atoms with Gasteiger partial charge < -0.3 is 10.0 Å². The van der Waals surface area contributed by atoms with Gasteiger partial charge in [0.25, 0.3) is 0 Å².